The van der Waals surface area contributed by atoms with Crippen molar-refractivity contribution < 1.29 is 33.4 Å². The molecular formula is C34H44N8O7. The van der Waals surface area contributed by atoms with Gasteiger partial charge >= 0.3 is 0 Å². The predicted octanol–water partition coefficient (Wildman–Crippen LogP) is -0.276. The van der Waals surface area contributed by atoms with Crippen molar-refractivity contribution in [3.8, 4) is 28.7 Å². The number of carbonyl (C=O) groups excluding carboxylic acids is 5. The van der Waals surface area contributed by atoms with E-state index in [0.29, 0.717) is 53.1 Å². The molecule has 1 fully saturated rings. The van der Waals surface area contributed by atoms with Crippen LogP contribution >= 0.6 is 0 Å². The van der Waals surface area contributed by atoms with Gasteiger partial charge in [0.2, 0.25) is 29.5 Å². The number of fused-ring (bicyclic) bond motifs is 5. The highest BCUT2D eigenvalue weighted by Crippen LogP contribution is 2.40. The Hall–Kier alpha value is -5.20. The first-order valence-electron chi connectivity index (χ1n) is 16.2. The number of hydrogen-bond donors (Lipinski definition) is 5. The van der Waals surface area contributed by atoms with Gasteiger partial charge in [-0.15, -0.1) is 0 Å². The molecule has 262 valence electrons. The average molecular weight is 677 g/mol. The summed E-state index contributed by atoms with van der Waals surface area (Å²) in [5.41, 5.74) is 13.6. The van der Waals surface area contributed by atoms with Crippen LogP contribution in [0.25, 0.3) is 11.1 Å². The Morgan fingerprint density at radius 3 is 2.31 bits per heavy atom. The number of nitriles is 1. The van der Waals surface area contributed by atoms with Gasteiger partial charge in [0.05, 0.1) is 6.07 Å². The number of hydrogen-bond acceptors (Lipinski definition) is 10. The molecule has 4 rings (SSSR count). The van der Waals surface area contributed by atoms with Gasteiger partial charge in [-0.2, -0.15) is 5.26 Å². The maximum Gasteiger partial charge on any atom is 0.248 e. The number of benzene rings is 2. The lowest BCUT2D eigenvalue weighted by atomic mass is 9.93. The summed E-state index contributed by atoms with van der Waals surface area (Å²) in [4.78, 5) is 69.8. The molecule has 4 atom stereocenters. The minimum Gasteiger partial charge on any atom is -0.492 e. The Morgan fingerprint density at radius 2 is 1.67 bits per heavy atom. The number of nitrogens with zero attached hydrogens (tertiary/aromatic N) is 3. The first kappa shape index (κ1) is 36.6. The van der Waals surface area contributed by atoms with E-state index in [2.05, 4.69) is 16.0 Å². The summed E-state index contributed by atoms with van der Waals surface area (Å²) >= 11 is 0. The van der Waals surface area contributed by atoms with Crippen molar-refractivity contribution in [1.29, 1.82) is 5.26 Å². The molecule has 5 amide bonds. The van der Waals surface area contributed by atoms with Crippen LogP contribution in [-0.2, 0) is 30.4 Å². The van der Waals surface area contributed by atoms with Gasteiger partial charge in [-0.1, -0.05) is 12.1 Å². The third-order valence-corrected chi connectivity index (χ3v) is 8.50. The smallest absolute Gasteiger partial charge is 0.248 e. The molecule has 0 aliphatic carbocycles. The Bertz CT molecular complexity index is 1610. The van der Waals surface area contributed by atoms with Crippen molar-refractivity contribution >= 4 is 29.5 Å². The summed E-state index contributed by atoms with van der Waals surface area (Å²) in [6.45, 7) is 3.85. The van der Waals surface area contributed by atoms with Crippen molar-refractivity contribution in [3.63, 3.8) is 0 Å². The Balaban J connectivity index is 1.92. The maximum absolute atomic E-state index is 14.2. The molecule has 2 heterocycles. The quantitative estimate of drug-likeness (QED) is 0.207. The molecule has 2 aromatic rings. The largest absolute Gasteiger partial charge is 0.492 e. The maximum atomic E-state index is 14.2. The molecule has 2 aliphatic heterocycles. The highest BCUT2D eigenvalue weighted by Gasteiger charge is 2.39. The molecule has 0 unspecified atom stereocenters. The molecule has 15 nitrogen and oxygen atoms in total. The van der Waals surface area contributed by atoms with Gasteiger partial charge in [0.1, 0.15) is 55.4 Å². The van der Waals surface area contributed by atoms with Crippen molar-refractivity contribution in [2.24, 2.45) is 11.5 Å². The molecule has 7 N–H and O–H groups in total. The summed E-state index contributed by atoms with van der Waals surface area (Å²) in [5.74, 6) is -1.72. The fourth-order valence-electron chi connectivity index (χ4n) is 6.10. The highest BCUT2D eigenvalue weighted by atomic mass is 16.5. The van der Waals surface area contributed by atoms with Crippen LogP contribution in [0.5, 0.6) is 11.5 Å². The number of likely N-dealkylation sites (tertiary alicyclic amines) is 1. The first-order valence-corrected chi connectivity index (χ1v) is 16.2. The highest BCUT2D eigenvalue weighted by molar-refractivity contribution is 5.96. The topological polar surface area (TPSA) is 222 Å². The zero-order chi connectivity index (χ0) is 35.7. The van der Waals surface area contributed by atoms with Crippen LogP contribution in [0.1, 0.15) is 43.9 Å². The van der Waals surface area contributed by atoms with Crippen LogP contribution in [0.4, 0.5) is 0 Å². The van der Waals surface area contributed by atoms with E-state index in [0.717, 1.165) is 0 Å². The molecule has 0 aromatic heterocycles. The first-order chi connectivity index (χ1) is 23.5. The number of nitrogens with one attached hydrogen (secondary N) is 3. The van der Waals surface area contributed by atoms with E-state index in [-0.39, 0.29) is 45.2 Å². The molecule has 2 aliphatic rings. The zero-order valence-electron chi connectivity index (χ0n) is 28.0. The van der Waals surface area contributed by atoms with E-state index >= 15 is 0 Å². The second kappa shape index (κ2) is 16.8. The van der Waals surface area contributed by atoms with E-state index in [9.17, 15) is 24.0 Å². The number of rotatable bonds is 10. The Labute approximate surface area is 285 Å². The predicted molar refractivity (Wildman–Crippen MR) is 179 cm³/mol. The molecule has 15 heteroatoms. The lowest BCUT2D eigenvalue weighted by Crippen LogP contribution is -2.55. The third-order valence-electron chi connectivity index (χ3n) is 8.50. The van der Waals surface area contributed by atoms with Crippen molar-refractivity contribution in [2.75, 3.05) is 46.4 Å². The number of amides is 5. The van der Waals surface area contributed by atoms with Gasteiger partial charge in [0.15, 0.2) is 0 Å². The minimum absolute atomic E-state index is 0.0421. The van der Waals surface area contributed by atoms with Gasteiger partial charge < -0.3 is 46.7 Å². The number of carbonyl (C=O) groups is 5. The third kappa shape index (κ3) is 8.64. The van der Waals surface area contributed by atoms with Gasteiger partial charge in [-0.25, -0.2) is 0 Å². The molecule has 49 heavy (non-hydrogen) atoms. The second-order valence-corrected chi connectivity index (χ2v) is 12.0. The van der Waals surface area contributed by atoms with E-state index in [4.69, 9.17) is 26.2 Å². The Kier molecular flexibility index (Phi) is 12.5. The molecule has 0 radical (unpaired) electrons. The molecule has 0 spiro atoms. The second-order valence-electron chi connectivity index (χ2n) is 12.0. The van der Waals surface area contributed by atoms with Gasteiger partial charge in [0, 0.05) is 51.2 Å². The number of ether oxygens (including phenoxy) is 2. The van der Waals surface area contributed by atoms with Crippen LogP contribution in [0.15, 0.2) is 36.4 Å². The van der Waals surface area contributed by atoms with Crippen molar-refractivity contribution in [2.45, 2.75) is 57.3 Å². The summed E-state index contributed by atoms with van der Waals surface area (Å²) in [6, 6.07) is 7.96. The normalized spacial score (nSPS) is 20.6. The van der Waals surface area contributed by atoms with Crippen LogP contribution in [0.2, 0.25) is 0 Å². The van der Waals surface area contributed by atoms with E-state index < -0.39 is 47.8 Å². The number of likely N-dealkylation sites (N-methyl/N-ethyl adjacent to an activating group) is 1. The molecule has 4 bridgehead atoms. The van der Waals surface area contributed by atoms with Gasteiger partial charge in [-0.05, 0) is 55.2 Å². The monoisotopic (exact) mass is 676 g/mol. The molecule has 2 aromatic carbocycles. The molecular weight excluding hydrogens is 632 g/mol. The SMILES string of the molecule is CC(=O)N1CCC[C@H]1C(=O)N(C)[C@@H]1C(=O)N[C@@H](C)C(=O)N[C@H](C(=O)NCC#N)Cc2ccc(OCCN)c(c2)-c2cc1ccc2OCCN. The standard InChI is InChI=1S/C34H44N8O7/c1-20-31(44)40-26(32(45)38-13-10-35)18-22-6-8-28(48-15-11-36)24(17-22)25-19-23(7-9-29(25)49-16-12-37)30(33(46)39-20)41(3)34(47)27-5-4-14-42(27)21(2)43/h6-9,17,19-20,26-27,30H,4-5,11-16,18,36-37H2,1-3H3,(H,38,45)(H,39,46)(H,40,44)/t20-,26-,27-,30-/m0/s1. The average Bonchev–Trinajstić information content (AvgIpc) is 3.59. The van der Waals surface area contributed by atoms with Crippen LogP contribution in [-0.4, -0.2) is 104 Å². The lowest BCUT2D eigenvalue weighted by molar-refractivity contribution is -0.146. The van der Waals surface area contributed by atoms with Crippen molar-refractivity contribution in [3.05, 3.63) is 47.5 Å². The summed E-state index contributed by atoms with van der Waals surface area (Å²) in [6.07, 6.45) is 1.12. The zero-order valence-corrected chi connectivity index (χ0v) is 28.0. The van der Waals surface area contributed by atoms with E-state index in [1.807, 2.05) is 6.07 Å². The summed E-state index contributed by atoms with van der Waals surface area (Å²) < 4.78 is 12.1. The summed E-state index contributed by atoms with van der Waals surface area (Å²) in [7, 11) is 1.49. The van der Waals surface area contributed by atoms with Crippen LogP contribution < -0.4 is 36.9 Å². The summed E-state index contributed by atoms with van der Waals surface area (Å²) in [5, 5.41) is 16.9. The van der Waals surface area contributed by atoms with E-state index in [1.54, 1.807) is 36.4 Å². The van der Waals surface area contributed by atoms with Crippen molar-refractivity contribution in [1.82, 2.24) is 25.8 Å². The minimum atomic E-state index is -1.24. The fourth-order valence-corrected chi connectivity index (χ4v) is 6.10. The Morgan fingerprint density at radius 1 is 1.02 bits per heavy atom. The molecule has 0 saturated carbocycles. The fraction of sp³-hybridized carbons (Fsp3) is 0.471. The van der Waals surface area contributed by atoms with Gasteiger partial charge in [0.25, 0.3) is 0 Å². The lowest BCUT2D eigenvalue weighted by Gasteiger charge is -2.33. The van der Waals surface area contributed by atoms with Gasteiger partial charge in [-0.3, -0.25) is 24.0 Å². The van der Waals surface area contributed by atoms with Crippen LogP contribution in [0.3, 0.4) is 0 Å². The van der Waals surface area contributed by atoms with Crippen LogP contribution in [0, 0.1) is 11.3 Å². The molecule has 1 saturated heterocycles. The number of nitrogens with two attached hydrogens (primary N) is 2. The van der Waals surface area contributed by atoms with E-state index in [1.165, 1.54) is 30.7 Å².